The third-order valence-electron chi connectivity index (χ3n) is 2.67. The van der Waals surface area contributed by atoms with E-state index < -0.39 is 5.97 Å². The summed E-state index contributed by atoms with van der Waals surface area (Å²) < 4.78 is 1.75. The van der Waals surface area contributed by atoms with Crippen molar-refractivity contribution in [1.82, 2.24) is 4.57 Å². The van der Waals surface area contributed by atoms with Crippen molar-refractivity contribution in [3.8, 4) is 11.1 Å². The average molecular weight is 296 g/mol. The summed E-state index contributed by atoms with van der Waals surface area (Å²) in [7, 11) is 0. The second kappa shape index (κ2) is 5.51. The van der Waals surface area contributed by atoms with Crippen molar-refractivity contribution in [1.29, 1.82) is 0 Å². The molecule has 3 nitrogen and oxygen atoms in total. The molecule has 0 aliphatic heterocycles. The van der Waals surface area contributed by atoms with Gasteiger partial charge < -0.3 is 9.67 Å². The number of rotatable bonds is 4. The topological polar surface area (TPSA) is 42.2 Å². The number of aromatic carboxylic acids is 1. The molecule has 5 heteroatoms. The fraction of sp³-hybridized carbons (Fsp3) is 0.0714. The number of benzene rings is 1. The van der Waals surface area contributed by atoms with Gasteiger partial charge in [0.25, 0.3) is 0 Å². The summed E-state index contributed by atoms with van der Waals surface area (Å²) in [6, 6.07) is 4.98. The molecule has 1 heterocycles. The maximum absolute atomic E-state index is 11.3. The van der Waals surface area contributed by atoms with Crippen LogP contribution in [-0.4, -0.2) is 15.6 Å². The Morgan fingerprint density at radius 2 is 2.05 bits per heavy atom. The lowest BCUT2D eigenvalue weighted by Gasteiger charge is -2.04. The Kier molecular flexibility index (Phi) is 3.98. The van der Waals surface area contributed by atoms with Crippen molar-refractivity contribution < 1.29 is 9.90 Å². The molecular formula is C14H11Cl2NO2. The highest BCUT2D eigenvalue weighted by Gasteiger charge is 2.17. The molecule has 0 saturated heterocycles. The SMILES string of the molecule is C=CCn1cc(C(=O)O)c(-c2ccc(Cl)cc2Cl)c1. The van der Waals surface area contributed by atoms with Gasteiger partial charge in [-0.15, -0.1) is 6.58 Å². The van der Waals surface area contributed by atoms with Crippen molar-refractivity contribution in [3.05, 3.63) is 58.9 Å². The van der Waals surface area contributed by atoms with Crippen LogP contribution in [0.4, 0.5) is 0 Å². The number of hydrogen-bond donors (Lipinski definition) is 1. The van der Waals surface area contributed by atoms with E-state index in [1.807, 2.05) is 0 Å². The van der Waals surface area contributed by atoms with Crippen LogP contribution >= 0.6 is 23.2 Å². The molecular weight excluding hydrogens is 285 g/mol. The molecule has 0 aliphatic rings. The van der Waals surface area contributed by atoms with Crippen molar-refractivity contribution >= 4 is 29.2 Å². The van der Waals surface area contributed by atoms with Crippen LogP contribution in [0.2, 0.25) is 10.0 Å². The summed E-state index contributed by atoms with van der Waals surface area (Å²) in [5.41, 5.74) is 1.41. The van der Waals surface area contributed by atoms with Gasteiger partial charge in [0.1, 0.15) is 0 Å². The van der Waals surface area contributed by atoms with Crippen LogP contribution < -0.4 is 0 Å². The number of carbonyl (C=O) groups is 1. The van der Waals surface area contributed by atoms with Crippen LogP contribution in [-0.2, 0) is 6.54 Å². The largest absolute Gasteiger partial charge is 0.478 e. The highest BCUT2D eigenvalue weighted by Crippen LogP contribution is 2.33. The molecule has 2 aromatic rings. The zero-order valence-corrected chi connectivity index (χ0v) is 11.4. The molecule has 0 fully saturated rings. The molecule has 0 spiro atoms. The van der Waals surface area contributed by atoms with Gasteiger partial charge >= 0.3 is 5.97 Å². The summed E-state index contributed by atoms with van der Waals surface area (Å²) in [6.45, 7) is 4.16. The van der Waals surface area contributed by atoms with Gasteiger partial charge in [-0.3, -0.25) is 0 Å². The van der Waals surface area contributed by atoms with Crippen molar-refractivity contribution in [2.75, 3.05) is 0 Å². The van der Waals surface area contributed by atoms with Crippen LogP contribution in [0.1, 0.15) is 10.4 Å². The van der Waals surface area contributed by atoms with Crippen molar-refractivity contribution in [2.24, 2.45) is 0 Å². The van der Waals surface area contributed by atoms with E-state index in [4.69, 9.17) is 23.2 Å². The molecule has 98 valence electrons. The van der Waals surface area contributed by atoms with Gasteiger partial charge in [-0.1, -0.05) is 35.3 Å². The van der Waals surface area contributed by atoms with Gasteiger partial charge in [0.2, 0.25) is 0 Å². The lowest BCUT2D eigenvalue weighted by atomic mass is 10.0. The van der Waals surface area contributed by atoms with Crippen LogP contribution in [0.25, 0.3) is 11.1 Å². The Hall–Kier alpha value is -1.71. The first-order chi connectivity index (χ1) is 9.02. The van der Waals surface area contributed by atoms with Gasteiger partial charge in [-0.25, -0.2) is 4.79 Å². The highest BCUT2D eigenvalue weighted by molar-refractivity contribution is 6.36. The van der Waals surface area contributed by atoms with Crippen LogP contribution in [0.3, 0.4) is 0 Å². The maximum atomic E-state index is 11.3. The molecule has 0 radical (unpaired) electrons. The van der Waals surface area contributed by atoms with Crippen LogP contribution in [0, 0.1) is 0 Å². The zero-order valence-electron chi connectivity index (χ0n) is 9.94. The van der Waals surface area contributed by atoms with E-state index in [9.17, 15) is 9.90 Å². The number of carboxylic acid groups (broad SMARTS) is 1. The molecule has 1 aromatic heterocycles. The smallest absolute Gasteiger partial charge is 0.337 e. The van der Waals surface area contributed by atoms with Gasteiger partial charge in [0, 0.05) is 40.1 Å². The highest BCUT2D eigenvalue weighted by atomic mass is 35.5. The third-order valence-corrected chi connectivity index (χ3v) is 3.22. The predicted octanol–water partition coefficient (Wildman–Crippen LogP) is 4.35. The summed E-state index contributed by atoms with van der Waals surface area (Å²) in [6.07, 6.45) is 4.99. The number of allylic oxidation sites excluding steroid dienone is 1. The van der Waals surface area contributed by atoms with Gasteiger partial charge in [0.05, 0.1) is 5.56 Å². The van der Waals surface area contributed by atoms with Gasteiger partial charge in [0.15, 0.2) is 0 Å². The fourth-order valence-electron chi connectivity index (χ4n) is 1.86. The van der Waals surface area contributed by atoms with Crippen LogP contribution in [0.5, 0.6) is 0 Å². The lowest BCUT2D eigenvalue weighted by molar-refractivity contribution is 0.0697. The molecule has 19 heavy (non-hydrogen) atoms. The van der Waals surface area contributed by atoms with E-state index >= 15 is 0 Å². The van der Waals surface area contributed by atoms with E-state index in [-0.39, 0.29) is 5.56 Å². The maximum Gasteiger partial charge on any atom is 0.337 e. The van der Waals surface area contributed by atoms with Crippen molar-refractivity contribution in [3.63, 3.8) is 0 Å². The number of hydrogen-bond acceptors (Lipinski definition) is 1. The van der Waals surface area contributed by atoms with Gasteiger partial charge in [-0.05, 0) is 12.1 Å². The third kappa shape index (κ3) is 2.83. The van der Waals surface area contributed by atoms with E-state index in [0.29, 0.717) is 27.7 Å². The van der Waals surface area contributed by atoms with E-state index in [0.717, 1.165) is 0 Å². The number of halogens is 2. The molecule has 0 amide bonds. The zero-order chi connectivity index (χ0) is 14.0. The molecule has 0 aliphatic carbocycles. The summed E-state index contributed by atoms with van der Waals surface area (Å²) >= 11 is 12.0. The standard InChI is InChI=1S/C14H11Cl2NO2/c1-2-5-17-7-11(12(8-17)14(18)19)10-4-3-9(15)6-13(10)16/h2-4,6-8H,1,5H2,(H,18,19). The van der Waals surface area contributed by atoms with E-state index in [1.165, 1.54) is 0 Å². The summed E-state index contributed by atoms with van der Waals surface area (Å²) in [5, 5.41) is 10.2. The predicted molar refractivity (Wildman–Crippen MR) is 77.0 cm³/mol. The van der Waals surface area contributed by atoms with Crippen LogP contribution in [0.15, 0.2) is 43.2 Å². The Morgan fingerprint density at radius 1 is 1.32 bits per heavy atom. The number of nitrogens with zero attached hydrogens (tertiary/aromatic N) is 1. The Balaban J connectivity index is 2.59. The van der Waals surface area contributed by atoms with Crippen molar-refractivity contribution in [2.45, 2.75) is 6.54 Å². The Labute approximate surface area is 120 Å². The minimum atomic E-state index is -0.996. The normalized spacial score (nSPS) is 10.4. The Bertz CT molecular complexity index is 647. The molecule has 0 bridgehead atoms. The summed E-state index contributed by atoms with van der Waals surface area (Å²) in [5.74, 6) is -0.996. The molecule has 1 aromatic carbocycles. The Morgan fingerprint density at radius 3 is 2.63 bits per heavy atom. The molecule has 0 saturated carbocycles. The molecule has 1 N–H and O–H groups in total. The molecule has 2 rings (SSSR count). The number of aromatic nitrogens is 1. The molecule has 0 unspecified atom stereocenters. The molecule has 0 atom stereocenters. The fourth-order valence-corrected chi connectivity index (χ4v) is 2.37. The quantitative estimate of drug-likeness (QED) is 0.852. The van der Waals surface area contributed by atoms with Gasteiger partial charge in [-0.2, -0.15) is 0 Å². The second-order valence-corrected chi connectivity index (χ2v) is 4.84. The first-order valence-electron chi connectivity index (χ1n) is 5.52. The average Bonchev–Trinajstić information content (AvgIpc) is 2.73. The summed E-state index contributed by atoms with van der Waals surface area (Å²) in [4.78, 5) is 11.3. The van der Waals surface area contributed by atoms with E-state index in [2.05, 4.69) is 6.58 Å². The minimum absolute atomic E-state index is 0.200. The monoisotopic (exact) mass is 295 g/mol. The second-order valence-electron chi connectivity index (χ2n) is 4.00. The lowest BCUT2D eigenvalue weighted by Crippen LogP contribution is -1.96. The first-order valence-corrected chi connectivity index (χ1v) is 6.28. The number of carboxylic acids is 1. The minimum Gasteiger partial charge on any atom is -0.478 e. The van der Waals surface area contributed by atoms with E-state index in [1.54, 1.807) is 41.2 Å². The first kappa shape index (κ1) is 13.7.